The minimum atomic E-state index is -0.486. The number of aliphatic hydroxyl groups excluding tert-OH is 1. The number of nitro benzene ring substituents is 1. The van der Waals surface area contributed by atoms with Crippen molar-refractivity contribution >= 4 is 17.1 Å². The SMILES string of the molecule is CO.COc1cc([N+](=O)[O-])ccc1N=NCCNc1ccccc1OC. The van der Waals surface area contributed by atoms with Gasteiger partial charge in [-0.2, -0.15) is 10.2 Å². The van der Waals surface area contributed by atoms with Gasteiger partial charge in [0.2, 0.25) is 0 Å². The fourth-order valence-corrected chi connectivity index (χ4v) is 2.02. The third kappa shape index (κ3) is 6.02. The van der Waals surface area contributed by atoms with Crippen molar-refractivity contribution in [3.8, 4) is 11.5 Å². The molecule has 0 aromatic heterocycles. The van der Waals surface area contributed by atoms with Crippen LogP contribution in [0.4, 0.5) is 17.1 Å². The van der Waals surface area contributed by atoms with Crippen LogP contribution >= 0.6 is 0 Å². The molecule has 26 heavy (non-hydrogen) atoms. The lowest BCUT2D eigenvalue weighted by Crippen LogP contribution is -2.05. The van der Waals surface area contributed by atoms with E-state index >= 15 is 0 Å². The van der Waals surface area contributed by atoms with Crippen LogP contribution in [-0.4, -0.2) is 44.4 Å². The van der Waals surface area contributed by atoms with Gasteiger partial charge in [0.1, 0.15) is 11.4 Å². The molecule has 140 valence electrons. The third-order valence-electron chi connectivity index (χ3n) is 3.19. The van der Waals surface area contributed by atoms with E-state index in [1.807, 2.05) is 24.3 Å². The second-order valence-corrected chi connectivity index (χ2v) is 4.71. The van der Waals surface area contributed by atoms with E-state index in [-0.39, 0.29) is 5.69 Å². The first kappa shape index (κ1) is 20.8. The topological polar surface area (TPSA) is 119 Å². The molecule has 0 aliphatic rings. The van der Waals surface area contributed by atoms with Crippen LogP contribution in [0.25, 0.3) is 0 Å². The standard InChI is InChI=1S/C16H18N4O4.CH4O/c1-23-15-6-4-3-5-13(15)17-9-10-18-19-14-8-7-12(20(21)22)11-16(14)24-2;1-2/h3-8,11,17H,9-10H2,1-2H3;2H,1H3. The number of methoxy groups -OCH3 is 2. The highest BCUT2D eigenvalue weighted by Gasteiger charge is 2.10. The number of nitrogens with one attached hydrogen (secondary N) is 1. The Morgan fingerprint density at radius 1 is 1.12 bits per heavy atom. The molecule has 0 amide bonds. The largest absolute Gasteiger partial charge is 0.495 e. The number of aliphatic hydroxyl groups is 1. The Balaban J connectivity index is 0.00000163. The average Bonchev–Trinajstić information content (AvgIpc) is 2.69. The Morgan fingerprint density at radius 2 is 1.81 bits per heavy atom. The van der Waals surface area contributed by atoms with Gasteiger partial charge in [-0.3, -0.25) is 10.1 Å². The molecule has 2 N–H and O–H groups in total. The maximum Gasteiger partial charge on any atom is 0.273 e. The predicted molar refractivity (Wildman–Crippen MR) is 98.7 cm³/mol. The van der Waals surface area contributed by atoms with Crippen molar-refractivity contribution in [2.24, 2.45) is 10.2 Å². The van der Waals surface area contributed by atoms with E-state index in [2.05, 4.69) is 15.5 Å². The molecule has 0 saturated heterocycles. The molecule has 0 spiro atoms. The van der Waals surface area contributed by atoms with Gasteiger partial charge in [0, 0.05) is 19.7 Å². The lowest BCUT2D eigenvalue weighted by Gasteiger charge is -2.09. The summed E-state index contributed by atoms with van der Waals surface area (Å²) in [6.07, 6.45) is 0. The first-order valence-corrected chi connectivity index (χ1v) is 7.67. The van der Waals surface area contributed by atoms with E-state index in [1.54, 1.807) is 7.11 Å². The molecule has 0 radical (unpaired) electrons. The van der Waals surface area contributed by atoms with Gasteiger partial charge in [-0.1, -0.05) is 12.1 Å². The number of benzene rings is 2. The lowest BCUT2D eigenvalue weighted by molar-refractivity contribution is -0.384. The van der Waals surface area contributed by atoms with Gasteiger partial charge in [0.15, 0.2) is 5.75 Å². The maximum atomic E-state index is 10.7. The van der Waals surface area contributed by atoms with Gasteiger partial charge in [0.25, 0.3) is 5.69 Å². The molecule has 0 bridgehead atoms. The molecular formula is C17H22N4O5. The summed E-state index contributed by atoms with van der Waals surface area (Å²) in [5.74, 6) is 1.07. The highest BCUT2D eigenvalue weighted by Crippen LogP contribution is 2.31. The number of rotatable bonds is 8. The predicted octanol–water partition coefficient (Wildman–Crippen LogP) is 3.42. The minimum absolute atomic E-state index is 0.0522. The van der Waals surface area contributed by atoms with Crippen LogP contribution < -0.4 is 14.8 Å². The zero-order valence-corrected chi connectivity index (χ0v) is 14.9. The smallest absolute Gasteiger partial charge is 0.273 e. The number of para-hydroxylation sites is 2. The Morgan fingerprint density at radius 3 is 2.46 bits per heavy atom. The maximum absolute atomic E-state index is 10.7. The fraction of sp³-hybridized carbons (Fsp3) is 0.294. The summed E-state index contributed by atoms with van der Waals surface area (Å²) in [6.45, 7) is 0.997. The first-order chi connectivity index (χ1) is 12.7. The van der Waals surface area contributed by atoms with E-state index in [0.717, 1.165) is 18.5 Å². The third-order valence-corrected chi connectivity index (χ3v) is 3.19. The molecule has 0 fully saturated rings. The molecule has 0 saturated carbocycles. The number of azo groups is 1. The average molecular weight is 362 g/mol. The Bertz CT molecular complexity index is 737. The summed E-state index contributed by atoms with van der Waals surface area (Å²) in [5, 5.41) is 29.1. The van der Waals surface area contributed by atoms with Gasteiger partial charge in [-0.15, -0.1) is 0 Å². The van der Waals surface area contributed by atoms with Crippen LogP contribution in [0.1, 0.15) is 0 Å². The van der Waals surface area contributed by atoms with Crippen LogP contribution in [0.15, 0.2) is 52.7 Å². The summed E-state index contributed by atoms with van der Waals surface area (Å²) < 4.78 is 10.3. The Hall–Kier alpha value is -3.20. The summed E-state index contributed by atoms with van der Waals surface area (Å²) in [7, 11) is 4.04. The number of anilines is 1. The molecule has 0 aliphatic heterocycles. The molecular weight excluding hydrogens is 340 g/mol. The van der Waals surface area contributed by atoms with Gasteiger partial charge in [0.05, 0.1) is 37.4 Å². The molecule has 0 aliphatic carbocycles. The van der Waals surface area contributed by atoms with Gasteiger partial charge < -0.3 is 19.9 Å². The van der Waals surface area contributed by atoms with Crippen molar-refractivity contribution < 1.29 is 19.5 Å². The second-order valence-electron chi connectivity index (χ2n) is 4.71. The van der Waals surface area contributed by atoms with E-state index in [0.29, 0.717) is 24.5 Å². The fourth-order valence-electron chi connectivity index (χ4n) is 2.02. The lowest BCUT2D eigenvalue weighted by atomic mass is 10.2. The molecule has 2 aromatic rings. The van der Waals surface area contributed by atoms with Crippen molar-refractivity contribution in [3.05, 3.63) is 52.6 Å². The van der Waals surface area contributed by atoms with E-state index in [1.165, 1.54) is 25.3 Å². The quantitative estimate of drug-likeness (QED) is 0.321. The molecule has 2 rings (SSSR count). The minimum Gasteiger partial charge on any atom is -0.495 e. The second kappa shape index (κ2) is 11.4. The number of hydrogen-bond acceptors (Lipinski definition) is 8. The van der Waals surface area contributed by atoms with Gasteiger partial charge in [-0.05, 0) is 18.2 Å². The van der Waals surface area contributed by atoms with E-state index < -0.39 is 4.92 Å². The van der Waals surface area contributed by atoms with Crippen molar-refractivity contribution in [3.63, 3.8) is 0 Å². The summed E-state index contributed by atoms with van der Waals surface area (Å²) in [5.41, 5.74) is 1.27. The van der Waals surface area contributed by atoms with Gasteiger partial charge in [-0.25, -0.2) is 0 Å². The Labute approximate surface area is 151 Å². The van der Waals surface area contributed by atoms with Crippen LogP contribution in [0.2, 0.25) is 0 Å². The van der Waals surface area contributed by atoms with Crippen LogP contribution in [0.3, 0.4) is 0 Å². The highest BCUT2D eigenvalue weighted by atomic mass is 16.6. The first-order valence-electron chi connectivity index (χ1n) is 7.67. The van der Waals surface area contributed by atoms with Crippen LogP contribution in [-0.2, 0) is 0 Å². The van der Waals surface area contributed by atoms with Crippen LogP contribution in [0.5, 0.6) is 11.5 Å². The molecule has 0 atom stereocenters. The highest BCUT2D eigenvalue weighted by molar-refractivity contribution is 5.57. The number of non-ortho nitro benzene ring substituents is 1. The molecule has 9 nitrogen and oxygen atoms in total. The van der Waals surface area contributed by atoms with Crippen molar-refractivity contribution in [1.82, 2.24) is 0 Å². The van der Waals surface area contributed by atoms with E-state index in [4.69, 9.17) is 14.6 Å². The van der Waals surface area contributed by atoms with E-state index in [9.17, 15) is 10.1 Å². The Kier molecular flexibility index (Phi) is 9.12. The number of nitro groups is 1. The molecule has 0 unspecified atom stereocenters. The summed E-state index contributed by atoms with van der Waals surface area (Å²) in [6, 6.07) is 11.8. The van der Waals surface area contributed by atoms with Crippen molar-refractivity contribution in [1.29, 1.82) is 0 Å². The zero-order valence-electron chi connectivity index (χ0n) is 14.9. The van der Waals surface area contributed by atoms with Crippen molar-refractivity contribution in [2.45, 2.75) is 0 Å². The monoisotopic (exact) mass is 362 g/mol. The summed E-state index contributed by atoms with van der Waals surface area (Å²) >= 11 is 0. The molecule has 9 heteroatoms. The molecule has 0 heterocycles. The van der Waals surface area contributed by atoms with Gasteiger partial charge >= 0.3 is 0 Å². The zero-order chi connectivity index (χ0) is 19.4. The van der Waals surface area contributed by atoms with Crippen molar-refractivity contribution in [2.75, 3.05) is 39.7 Å². The molecule has 2 aromatic carbocycles. The summed E-state index contributed by atoms with van der Waals surface area (Å²) in [4.78, 5) is 10.3. The number of nitrogens with zero attached hydrogens (tertiary/aromatic N) is 3. The number of ether oxygens (including phenoxy) is 2. The normalized spacial score (nSPS) is 10.0. The number of hydrogen-bond donors (Lipinski definition) is 2. The van der Waals surface area contributed by atoms with Crippen LogP contribution in [0, 0.1) is 10.1 Å².